The first-order valence-electron chi connectivity index (χ1n) is 11.2. The van der Waals surface area contributed by atoms with Crippen LogP contribution in [0, 0.1) is 5.41 Å². The molecule has 0 aromatic heterocycles. The van der Waals surface area contributed by atoms with E-state index in [4.69, 9.17) is 9.47 Å². The predicted molar refractivity (Wildman–Crippen MR) is 122 cm³/mol. The third-order valence-corrected chi connectivity index (χ3v) is 7.98. The van der Waals surface area contributed by atoms with Crippen LogP contribution in [0.2, 0.25) is 0 Å². The average Bonchev–Trinajstić information content (AvgIpc) is 3.47. The van der Waals surface area contributed by atoms with Crippen LogP contribution in [-0.2, 0) is 14.3 Å². The number of nitrogens with one attached hydrogen (secondary N) is 1. The molecule has 0 radical (unpaired) electrons. The Morgan fingerprint density at radius 2 is 1.88 bits per heavy atom. The Kier molecular flexibility index (Phi) is 5.78. The van der Waals surface area contributed by atoms with Gasteiger partial charge in [-0.1, -0.05) is 36.7 Å². The van der Waals surface area contributed by atoms with E-state index in [1.807, 2.05) is 30.3 Å². The zero-order chi connectivity index (χ0) is 23.0. The van der Waals surface area contributed by atoms with Gasteiger partial charge < -0.3 is 19.7 Å². The van der Waals surface area contributed by atoms with Crippen molar-refractivity contribution in [2.45, 2.75) is 47.9 Å². The molecule has 2 aromatic carbocycles. The monoisotopic (exact) mass is 466 g/mol. The van der Waals surface area contributed by atoms with E-state index in [2.05, 4.69) is 5.32 Å². The summed E-state index contributed by atoms with van der Waals surface area (Å²) in [5.74, 6) is 0.366. The summed E-state index contributed by atoms with van der Waals surface area (Å²) in [5, 5.41) is 2.71. The maximum atomic E-state index is 13.0. The molecule has 5 rings (SSSR count). The Morgan fingerprint density at radius 3 is 2.67 bits per heavy atom. The first kappa shape index (κ1) is 21.8. The van der Waals surface area contributed by atoms with Gasteiger partial charge in [-0.15, -0.1) is 0 Å². The highest BCUT2D eigenvalue weighted by atomic mass is 32.2. The normalized spacial score (nSPS) is 20.0. The topological polar surface area (TPSA) is 84.9 Å². The number of amides is 2. The minimum atomic E-state index is -0.577. The van der Waals surface area contributed by atoms with E-state index >= 15 is 0 Å². The fraction of sp³-hybridized carbons (Fsp3) is 0.400. The van der Waals surface area contributed by atoms with Crippen LogP contribution in [0.3, 0.4) is 0 Å². The van der Waals surface area contributed by atoms with Crippen LogP contribution >= 0.6 is 11.8 Å². The van der Waals surface area contributed by atoms with Crippen molar-refractivity contribution in [2.24, 2.45) is 5.41 Å². The van der Waals surface area contributed by atoms with Crippen LogP contribution in [0.5, 0.6) is 11.5 Å². The Balaban J connectivity index is 1.24. The molecule has 1 N–H and O–H groups in total. The van der Waals surface area contributed by atoms with Crippen molar-refractivity contribution >= 4 is 29.5 Å². The molecule has 172 valence electrons. The van der Waals surface area contributed by atoms with Crippen molar-refractivity contribution in [1.82, 2.24) is 10.2 Å². The summed E-state index contributed by atoms with van der Waals surface area (Å²) in [4.78, 5) is 41.7. The van der Waals surface area contributed by atoms with Gasteiger partial charge in [0.05, 0.1) is 23.4 Å². The van der Waals surface area contributed by atoms with Crippen molar-refractivity contribution in [3.05, 3.63) is 48.0 Å². The van der Waals surface area contributed by atoms with Crippen molar-refractivity contribution in [3.63, 3.8) is 0 Å². The van der Waals surface area contributed by atoms with E-state index in [0.29, 0.717) is 24.3 Å². The van der Waals surface area contributed by atoms with Gasteiger partial charge in [0, 0.05) is 12.1 Å². The SMILES string of the molecule is COC(=O)[C@@H]1CC2(CCCC2)CN1C(=O)CNC(=O)c1ccc2c(c1)Oc1ccccc1S2. The lowest BCUT2D eigenvalue weighted by atomic mass is 9.84. The number of methoxy groups -OCH3 is 1. The third kappa shape index (κ3) is 4.19. The number of nitrogens with zero attached hydrogens (tertiary/aromatic N) is 1. The van der Waals surface area contributed by atoms with E-state index in [9.17, 15) is 14.4 Å². The number of likely N-dealkylation sites (tertiary alicyclic amines) is 1. The van der Waals surface area contributed by atoms with E-state index in [1.54, 1.807) is 28.8 Å². The van der Waals surface area contributed by atoms with Gasteiger partial charge in [-0.05, 0) is 55.0 Å². The number of carbonyl (C=O) groups is 3. The Morgan fingerprint density at radius 1 is 1.12 bits per heavy atom. The van der Waals surface area contributed by atoms with Gasteiger partial charge in [-0.3, -0.25) is 9.59 Å². The molecule has 8 heteroatoms. The lowest BCUT2D eigenvalue weighted by molar-refractivity contribution is -0.150. The number of rotatable bonds is 4. The highest BCUT2D eigenvalue weighted by molar-refractivity contribution is 7.99. The van der Waals surface area contributed by atoms with Crippen molar-refractivity contribution in [1.29, 1.82) is 0 Å². The lowest BCUT2D eigenvalue weighted by Gasteiger charge is -2.24. The molecule has 1 aliphatic carbocycles. The van der Waals surface area contributed by atoms with Gasteiger partial charge in [0.1, 0.15) is 17.5 Å². The van der Waals surface area contributed by atoms with E-state index in [1.165, 1.54) is 7.11 Å². The highest BCUT2D eigenvalue weighted by Crippen LogP contribution is 2.48. The summed E-state index contributed by atoms with van der Waals surface area (Å²) in [6.45, 7) is 0.378. The fourth-order valence-electron chi connectivity index (χ4n) is 5.18. The zero-order valence-corrected chi connectivity index (χ0v) is 19.3. The van der Waals surface area contributed by atoms with Crippen LogP contribution in [0.4, 0.5) is 0 Å². The summed E-state index contributed by atoms with van der Waals surface area (Å²) in [6, 6.07) is 12.4. The number of carbonyl (C=O) groups excluding carboxylic acids is 3. The second-order valence-corrected chi connectivity index (χ2v) is 10.1. The van der Waals surface area contributed by atoms with Gasteiger partial charge in [0.25, 0.3) is 5.91 Å². The molecule has 7 nitrogen and oxygen atoms in total. The minimum absolute atomic E-state index is 0.00230. The summed E-state index contributed by atoms with van der Waals surface area (Å²) >= 11 is 1.59. The number of benzene rings is 2. The minimum Gasteiger partial charge on any atom is -0.467 e. The molecule has 33 heavy (non-hydrogen) atoms. The molecule has 1 atom stereocenters. The molecule has 1 spiro atoms. The van der Waals surface area contributed by atoms with Crippen molar-refractivity contribution in [2.75, 3.05) is 20.2 Å². The number of hydrogen-bond acceptors (Lipinski definition) is 6. The maximum Gasteiger partial charge on any atom is 0.328 e. The summed E-state index contributed by atoms with van der Waals surface area (Å²) < 4.78 is 10.9. The zero-order valence-electron chi connectivity index (χ0n) is 18.5. The summed E-state index contributed by atoms with van der Waals surface area (Å²) in [7, 11) is 1.35. The van der Waals surface area contributed by atoms with Crippen LogP contribution in [-0.4, -0.2) is 48.9 Å². The van der Waals surface area contributed by atoms with Gasteiger partial charge in [0.15, 0.2) is 0 Å². The molecule has 2 aromatic rings. The Hall–Kier alpha value is -3.00. The fourth-order valence-corrected chi connectivity index (χ4v) is 6.11. The largest absolute Gasteiger partial charge is 0.467 e. The Bertz CT molecular complexity index is 1110. The van der Waals surface area contributed by atoms with Gasteiger partial charge in [-0.25, -0.2) is 4.79 Å². The molecule has 2 heterocycles. The van der Waals surface area contributed by atoms with Crippen LogP contribution < -0.4 is 10.1 Å². The first-order chi connectivity index (χ1) is 16.0. The number of fused-ring (bicyclic) bond motifs is 2. The van der Waals surface area contributed by atoms with Gasteiger partial charge in [0.2, 0.25) is 5.91 Å². The Labute approximate surface area is 196 Å². The summed E-state index contributed by atoms with van der Waals surface area (Å²) in [5.41, 5.74) is 0.419. The third-order valence-electron chi connectivity index (χ3n) is 6.86. The molecule has 1 saturated carbocycles. The van der Waals surface area contributed by atoms with E-state index < -0.39 is 6.04 Å². The molecule has 0 unspecified atom stereocenters. The lowest BCUT2D eigenvalue weighted by Crippen LogP contribution is -2.46. The molecule has 0 bridgehead atoms. The van der Waals surface area contributed by atoms with Gasteiger partial charge in [-0.2, -0.15) is 0 Å². The van der Waals surface area contributed by atoms with Crippen LogP contribution in [0.1, 0.15) is 42.5 Å². The van der Waals surface area contributed by atoms with Crippen molar-refractivity contribution in [3.8, 4) is 11.5 Å². The van der Waals surface area contributed by atoms with Crippen molar-refractivity contribution < 1.29 is 23.9 Å². The van der Waals surface area contributed by atoms with Gasteiger partial charge >= 0.3 is 5.97 Å². The molecular formula is C25H26N2O5S. The molecular weight excluding hydrogens is 440 g/mol. The maximum absolute atomic E-state index is 13.0. The molecule has 2 aliphatic heterocycles. The molecule has 1 saturated heterocycles. The number of ether oxygens (including phenoxy) is 2. The van der Waals surface area contributed by atoms with E-state index in [-0.39, 0.29) is 29.7 Å². The first-order valence-corrected chi connectivity index (χ1v) is 12.0. The highest BCUT2D eigenvalue weighted by Gasteiger charge is 2.50. The van der Waals surface area contributed by atoms with Crippen LogP contribution in [0.15, 0.2) is 52.3 Å². The van der Waals surface area contributed by atoms with Crippen LogP contribution in [0.25, 0.3) is 0 Å². The molecule has 2 amide bonds. The number of hydrogen-bond donors (Lipinski definition) is 1. The second kappa shape index (κ2) is 8.74. The quantitative estimate of drug-likeness (QED) is 0.585. The number of esters is 1. The summed E-state index contributed by atoms with van der Waals surface area (Å²) in [6.07, 6.45) is 4.92. The molecule has 3 aliphatic rings. The number of para-hydroxylation sites is 1. The average molecular weight is 467 g/mol. The predicted octanol–water partition coefficient (Wildman–Crippen LogP) is 4.01. The van der Waals surface area contributed by atoms with E-state index in [0.717, 1.165) is 41.2 Å². The standard InChI is InChI=1S/C25H26N2O5S/c1-31-24(30)17-13-25(10-4-5-11-25)15-27(17)22(28)14-26-23(29)16-8-9-21-19(12-16)32-18-6-2-3-7-20(18)33-21/h2-3,6-9,12,17H,4-5,10-11,13-15H2,1H3,(H,26,29)/t17-/m0/s1. The smallest absolute Gasteiger partial charge is 0.328 e. The second-order valence-electron chi connectivity index (χ2n) is 8.97. The molecule has 2 fully saturated rings.